The van der Waals surface area contributed by atoms with E-state index in [9.17, 15) is 24.5 Å². The van der Waals surface area contributed by atoms with Crippen LogP contribution in [-0.4, -0.2) is 48.5 Å². The van der Waals surface area contributed by atoms with Gasteiger partial charge < -0.3 is 26.1 Å². The Morgan fingerprint density at radius 1 is 0.961 bits per heavy atom. The second-order valence-electron chi connectivity index (χ2n) is 11.2. The topological polar surface area (TPSA) is 215 Å². The molecule has 5 rings (SSSR count). The number of carbonyl (C=O) groups is 3. The van der Waals surface area contributed by atoms with Crippen LogP contribution in [0.5, 0.6) is 5.75 Å². The number of amides is 3. The molecule has 266 valence electrons. The van der Waals surface area contributed by atoms with Crippen molar-refractivity contribution >= 4 is 46.1 Å². The number of imidazole rings is 1. The smallest absolute Gasteiger partial charge is 0.296 e. The first-order chi connectivity index (χ1) is 24.4. The Bertz CT molecular complexity index is 2100. The normalized spacial score (nSPS) is 10.8. The van der Waals surface area contributed by atoms with Gasteiger partial charge in [-0.1, -0.05) is 55.8 Å². The number of anilines is 2. The maximum atomic E-state index is 13.3. The van der Waals surface area contributed by atoms with Crippen molar-refractivity contribution in [3.05, 3.63) is 117 Å². The number of aryl methyl sites for hydroxylation is 3. The summed E-state index contributed by atoms with van der Waals surface area (Å²) in [4.78, 5) is 53.0. The number of nitro benzene ring substituents is 1. The van der Waals surface area contributed by atoms with E-state index in [-0.39, 0.29) is 53.9 Å². The number of nitrogens with two attached hydrogens (primary N) is 2. The molecule has 0 aliphatic heterocycles. The molecule has 0 radical (unpaired) electrons. The molecule has 0 bridgehead atoms. The van der Waals surface area contributed by atoms with E-state index in [0.717, 1.165) is 17.2 Å². The quantitative estimate of drug-likeness (QED) is 0.0654. The van der Waals surface area contributed by atoms with E-state index in [4.69, 9.17) is 16.2 Å². The lowest BCUT2D eigenvalue weighted by molar-refractivity contribution is -0.384. The Kier molecular flexibility index (Phi) is 12.2. The van der Waals surface area contributed by atoms with E-state index in [2.05, 4.69) is 20.7 Å². The van der Waals surface area contributed by atoms with Crippen molar-refractivity contribution in [2.24, 2.45) is 11.5 Å². The molecule has 5 aromatic rings. The van der Waals surface area contributed by atoms with Crippen molar-refractivity contribution < 1.29 is 24.0 Å². The highest BCUT2D eigenvalue weighted by Gasteiger charge is 2.23. The number of fused-ring (bicyclic) bond motifs is 1. The second kappa shape index (κ2) is 16.7. The van der Waals surface area contributed by atoms with Crippen LogP contribution in [-0.2, 0) is 19.7 Å². The van der Waals surface area contributed by atoms with Gasteiger partial charge in [-0.2, -0.15) is 5.10 Å². The molecule has 2 heterocycles. The summed E-state index contributed by atoms with van der Waals surface area (Å²) in [5, 5.41) is 22.2. The second-order valence-corrected chi connectivity index (χ2v) is 11.2. The molecule has 2 aromatic heterocycles. The van der Waals surface area contributed by atoms with Crippen LogP contribution < -0.4 is 26.8 Å². The van der Waals surface area contributed by atoms with Crippen molar-refractivity contribution in [1.29, 1.82) is 0 Å². The average molecular weight is 696 g/mol. The Hall–Kier alpha value is -6.51. The minimum Gasteiger partial charge on any atom is -0.486 e. The fourth-order valence-electron chi connectivity index (χ4n) is 5.15. The first kappa shape index (κ1) is 37.3. The van der Waals surface area contributed by atoms with Crippen LogP contribution in [0.4, 0.5) is 17.3 Å². The highest BCUT2D eigenvalue weighted by molar-refractivity contribution is 6.03. The van der Waals surface area contributed by atoms with Gasteiger partial charge >= 0.3 is 0 Å². The number of nitro groups is 1. The summed E-state index contributed by atoms with van der Waals surface area (Å²) in [5.41, 5.74) is 14.9. The largest absolute Gasteiger partial charge is 0.486 e. The first-order valence-electron chi connectivity index (χ1n) is 16.3. The van der Waals surface area contributed by atoms with E-state index < -0.39 is 22.6 Å². The third-order valence-electron chi connectivity index (χ3n) is 7.62. The molecule has 3 amide bonds. The summed E-state index contributed by atoms with van der Waals surface area (Å²) in [7, 11) is 0. The predicted octanol–water partition coefficient (Wildman–Crippen LogP) is 5.50. The lowest BCUT2D eigenvalue weighted by atomic mass is 10.1. The summed E-state index contributed by atoms with van der Waals surface area (Å²) < 4.78 is 9.28. The zero-order chi connectivity index (χ0) is 37.2. The van der Waals surface area contributed by atoms with E-state index in [0.29, 0.717) is 29.0 Å². The van der Waals surface area contributed by atoms with Crippen LogP contribution in [0.3, 0.4) is 0 Å². The molecule has 3 aromatic carbocycles. The fourth-order valence-corrected chi connectivity index (χ4v) is 5.15. The van der Waals surface area contributed by atoms with E-state index >= 15 is 0 Å². The number of ether oxygens (including phenoxy) is 1. The van der Waals surface area contributed by atoms with Crippen molar-refractivity contribution in [3.63, 3.8) is 0 Å². The summed E-state index contributed by atoms with van der Waals surface area (Å²) in [6.07, 6.45) is 3.52. The molecule has 15 heteroatoms. The Labute approximate surface area is 294 Å². The SMILES string of the molecule is CC.CCn1nc(C)cc1C(=O)Nc1nc2cc(C(N)=O)ccc2n1C/C=C/CNc1c(OCc2ccc(C)cc2)cc(C(N)=O)cc1[N+](=O)[O-]. The van der Waals surface area contributed by atoms with Crippen LogP contribution in [0.15, 0.2) is 72.8 Å². The molecule has 0 atom stereocenters. The van der Waals surface area contributed by atoms with Gasteiger partial charge in [0, 0.05) is 36.8 Å². The molecule has 51 heavy (non-hydrogen) atoms. The van der Waals surface area contributed by atoms with Crippen molar-refractivity contribution in [3.8, 4) is 5.75 Å². The van der Waals surface area contributed by atoms with Gasteiger partial charge in [0.15, 0.2) is 11.4 Å². The van der Waals surface area contributed by atoms with Gasteiger partial charge in [0.2, 0.25) is 17.8 Å². The van der Waals surface area contributed by atoms with Gasteiger partial charge in [-0.3, -0.25) is 34.5 Å². The van der Waals surface area contributed by atoms with Crippen LogP contribution in [0.1, 0.15) is 68.8 Å². The number of rotatable bonds is 14. The number of aromatic nitrogens is 4. The number of primary amides is 2. The number of nitrogens with one attached hydrogen (secondary N) is 2. The average Bonchev–Trinajstić information content (AvgIpc) is 3.67. The van der Waals surface area contributed by atoms with Gasteiger partial charge in [-0.05, 0) is 56.7 Å². The molecule has 0 spiro atoms. The zero-order valence-corrected chi connectivity index (χ0v) is 29.1. The lowest BCUT2D eigenvalue weighted by Gasteiger charge is -2.14. The molecular formula is C36H41N9O6. The van der Waals surface area contributed by atoms with Gasteiger partial charge in [0.1, 0.15) is 12.3 Å². The standard InChI is InChI=1S/C34H35N9O6.C2H6/c1-4-42-28(15-21(3)40-42)33(46)39-34-38-25-16-23(31(35)44)11-12-26(25)41(34)14-6-5-13-37-30-27(43(47)48)17-24(32(36)45)18-29(30)49-19-22-9-7-20(2)8-10-22;1-2/h5-12,15-18,37H,4,13-14,19H2,1-3H3,(H2,35,44)(H2,36,45)(H,38,39,46);1-2H3/b6-5+;. The summed E-state index contributed by atoms with van der Waals surface area (Å²) in [6.45, 7) is 10.6. The number of benzene rings is 3. The van der Waals surface area contributed by atoms with E-state index in [1.165, 1.54) is 6.07 Å². The Balaban J connectivity index is 0.00000286. The maximum absolute atomic E-state index is 13.3. The molecule has 0 saturated carbocycles. The summed E-state index contributed by atoms with van der Waals surface area (Å²) in [6, 6.07) is 16.5. The Morgan fingerprint density at radius 2 is 1.67 bits per heavy atom. The predicted molar refractivity (Wildman–Crippen MR) is 195 cm³/mol. The molecule has 6 N–H and O–H groups in total. The summed E-state index contributed by atoms with van der Waals surface area (Å²) in [5.74, 6) is -1.54. The Morgan fingerprint density at radius 3 is 2.31 bits per heavy atom. The minimum atomic E-state index is -0.831. The van der Waals surface area contributed by atoms with Gasteiger partial charge in [-0.15, -0.1) is 0 Å². The van der Waals surface area contributed by atoms with Gasteiger partial charge in [-0.25, -0.2) is 4.98 Å². The van der Waals surface area contributed by atoms with Crippen molar-refractivity contribution in [2.75, 3.05) is 17.2 Å². The molecule has 15 nitrogen and oxygen atoms in total. The number of nitrogens with zero attached hydrogens (tertiary/aromatic N) is 5. The molecule has 0 aliphatic carbocycles. The van der Waals surface area contributed by atoms with Crippen LogP contribution in [0, 0.1) is 24.0 Å². The minimum absolute atomic E-state index is 0.0649. The third-order valence-corrected chi connectivity index (χ3v) is 7.62. The van der Waals surface area contributed by atoms with Crippen LogP contribution in [0.2, 0.25) is 0 Å². The molecule has 0 fully saturated rings. The molecule has 0 saturated heterocycles. The van der Waals surface area contributed by atoms with Crippen molar-refractivity contribution in [1.82, 2.24) is 19.3 Å². The highest BCUT2D eigenvalue weighted by atomic mass is 16.6. The van der Waals surface area contributed by atoms with E-state index in [1.807, 2.05) is 52.0 Å². The van der Waals surface area contributed by atoms with Crippen LogP contribution >= 0.6 is 0 Å². The van der Waals surface area contributed by atoms with Gasteiger partial charge in [0.25, 0.3) is 11.6 Å². The zero-order valence-electron chi connectivity index (χ0n) is 29.1. The molecular weight excluding hydrogens is 654 g/mol. The third kappa shape index (κ3) is 8.94. The monoisotopic (exact) mass is 695 g/mol. The van der Waals surface area contributed by atoms with Crippen molar-refractivity contribution in [2.45, 2.75) is 54.3 Å². The van der Waals surface area contributed by atoms with Gasteiger partial charge in [0.05, 0.1) is 21.7 Å². The lowest BCUT2D eigenvalue weighted by Crippen LogP contribution is -2.19. The summed E-state index contributed by atoms with van der Waals surface area (Å²) >= 11 is 0. The number of carbonyl (C=O) groups excluding carboxylic acids is 3. The first-order valence-corrected chi connectivity index (χ1v) is 16.3. The van der Waals surface area contributed by atoms with Crippen LogP contribution in [0.25, 0.3) is 11.0 Å². The van der Waals surface area contributed by atoms with E-state index in [1.54, 1.807) is 52.6 Å². The number of hydrogen-bond donors (Lipinski definition) is 4. The molecule has 0 unspecified atom stereocenters. The fraction of sp³-hybridized carbons (Fsp3) is 0.250. The maximum Gasteiger partial charge on any atom is 0.296 e. The number of hydrogen-bond acceptors (Lipinski definition) is 9. The highest BCUT2D eigenvalue weighted by Crippen LogP contribution is 2.36. The number of allylic oxidation sites excluding steroid dienone is 1. The molecule has 0 aliphatic rings.